The lowest BCUT2D eigenvalue weighted by atomic mass is 10.0. The molecular formula is C73H146N2O6P+. The Balaban J connectivity index is 3.84. The van der Waals surface area contributed by atoms with Crippen molar-refractivity contribution in [2.75, 3.05) is 40.9 Å². The van der Waals surface area contributed by atoms with Gasteiger partial charge in [0.1, 0.15) is 13.2 Å². The van der Waals surface area contributed by atoms with Crippen molar-refractivity contribution in [3.05, 3.63) is 24.3 Å². The van der Waals surface area contributed by atoms with Crippen molar-refractivity contribution >= 4 is 13.7 Å². The van der Waals surface area contributed by atoms with Crippen LogP contribution in [-0.2, 0) is 18.4 Å². The maximum atomic E-state index is 13.1. The minimum Gasteiger partial charge on any atom is -0.391 e. The first-order chi connectivity index (χ1) is 40.0. The predicted octanol–water partition coefficient (Wildman–Crippen LogP) is 23.4. The summed E-state index contributed by atoms with van der Waals surface area (Å²) in [5.74, 6) is -0.135. The summed E-state index contributed by atoms with van der Waals surface area (Å²) in [6, 6.07) is -0.758. The Kier molecular flexibility index (Phi) is 63.7. The van der Waals surface area contributed by atoms with Crippen molar-refractivity contribution in [2.45, 2.75) is 398 Å². The maximum absolute atomic E-state index is 13.1. The molecule has 0 rings (SSSR count). The third kappa shape index (κ3) is 66.5. The molecule has 0 aromatic heterocycles. The Morgan fingerprint density at radius 3 is 1.00 bits per heavy atom. The number of hydrogen-bond donors (Lipinski definition) is 3. The zero-order chi connectivity index (χ0) is 59.8. The van der Waals surface area contributed by atoms with Crippen LogP contribution >= 0.6 is 7.82 Å². The van der Waals surface area contributed by atoms with Crippen molar-refractivity contribution in [1.29, 1.82) is 0 Å². The van der Waals surface area contributed by atoms with Gasteiger partial charge in [0.05, 0.1) is 39.9 Å². The fraction of sp³-hybridized carbons (Fsp3) is 0.932. The number of hydrogen-bond acceptors (Lipinski definition) is 5. The van der Waals surface area contributed by atoms with Gasteiger partial charge >= 0.3 is 7.82 Å². The minimum atomic E-state index is -4.32. The Labute approximate surface area is 513 Å². The van der Waals surface area contributed by atoms with Gasteiger partial charge < -0.3 is 19.8 Å². The molecule has 3 N–H and O–H groups in total. The van der Waals surface area contributed by atoms with E-state index < -0.39 is 20.0 Å². The van der Waals surface area contributed by atoms with Gasteiger partial charge in [-0.25, -0.2) is 4.57 Å². The van der Waals surface area contributed by atoms with E-state index in [4.69, 9.17) is 9.05 Å². The van der Waals surface area contributed by atoms with Gasteiger partial charge in [-0.05, 0) is 44.9 Å². The van der Waals surface area contributed by atoms with E-state index in [2.05, 4.69) is 43.5 Å². The number of phosphoric acid groups is 1. The van der Waals surface area contributed by atoms with Crippen LogP contribution in [0, 0.1) is 0 Å². The molecule has 8 nitrogen and oxygen atoms in total. The molecule has 82 heavy (non-hydrogen) atoms. The fourth-order valence-electron chi connectivity index (χ4n) is 11.5. The van der Waals surface area contributed by atoms with Crippen LogP contribution in [-0.4, -0.2) is 73.4 Å². The number of carbonyl (C=O) groups excluding carboxylic acids is 1. The average molecular weight is 1180 g/mol. The summed E-state index contributed by atoms with van der Waals surface area (Å²) in [6.45, 7) is 4.94. The highest BCUT2D eigenvalue weighted by molar-refractivity contribution is 7.47. The number of aliphatic hydroxyl groups excluding tert-OH is 1. The number of aliphatic hydroxyl groups is 1. The van der Waals surface area contributed by atoms with Gasteiger partial charge in [0.2, 0.25) is 5.91 Å². The first-order valence-corrected chi connectivity index (χ1v) is 38.2. The average Bonchev–Trinajstić information content (AvgIpc) is 3.47. The van der Waals surface area contributed by atoms with Crippen LogP contribution in [0.3, 0.4) is 0 Å². The lowest BCUT2D eigenvalue weighted by Gasteiger charge is -2.26. The number of amides is 1. The molecule has 0 aromatic carbocycles. The molecule has 1 amide bonds. The largest absolute Gasteiger partial charge is 0.472 e. The summed E-state index contributed by atoms with van der Waals surface area (Å²) in [7, 11) is 1.64. The first-order valence-electron chi connectivity index (χ1n) is 36.7. The Hall–Kier alpha value is -1.02. The smallest absolute Gasteiger partial charge is 0.391 e. The molecule has 0 radical (unpaired) electrons. The summed E-state index contributed by atoms with van der Waals surface area (Å²) < 4.78 is 23.9. The number of nitrogens with one attached hydrogen (secondary N) is 1. The maximum Gasteiger partial charge on any atom is 0.472 e. The topological polar surface area (TPSA) is 105 Å². The SMILES string of the molecule is CCCCCCC/C=C\C/C=C\CCCCCCCCCCCCCCCCCCCCCCCCCCCCCCCC(=O)NC(COP(=O)(O)OCC[N+](C)(C)C)C(O)CCCCCCCCCCCCCCCCCCCCC. The molecule has 0 saturated carbocycles. The number of likely N-dealkylation sites (N-methyl/N-ethyl adjacent to an activating group) is 1. The quantitative estimate of drug-likeness (QED) is 0.0243. The molecule has 3 atom stereocenters. The van der Waals surface area contributed by atoms with E-state index in [0.29, 0.717) is 23.9 Å². The Bertz CT molecular complexity index is 1390. The molecule has 0 spiro atoms. The molecule has 9 heteroatoms. The highest BCUT2D eigenvalue weighted by Gasteiger charge is 2.28. The van der Waals surface area contributed by atoms with Crippen molar-refractivity contribution in [1.82, 2.24) is 5.32 Å². The van der Waals surface area contributed by atoms with Gasteiger partial charge in [0.15, 0.2) is 0 Å². The first kappa shape index (κ1) is 81.0. The highest BCUT2D eigenvalue weighted by atomic mass is 31.2. The van der Waals surface area contributed by atoms with Crippen molar-refractivity contribution < 1.29 is 32.9 Å². The van der Waals surface area contributed by atoms with E-state index in [1.807, 2.05) is 21.1 Å². The van der Waals surface area contributed by atoms with Crippen LogP contribution in [0.15, 0.2) is 24.3 Å². The third-order valence-corrected chi connectivity index (χ3v) is 18.2. The summed E-state index contributed by atoms with van der Waals surface area (Å²) >= 11 is 0. The van der Waals surface area contributed by atoms with Gasteiger partial charge in [-0.1, -0.05) is 359 Å². The van der Waals surface area contributed by atoms with E-state index in [9.17, 15) is 19.4 Å². The van der Waals surface area contributed by atoms with E-state index in [1.54, 1.807) is 0 Å². The van der Waals surface area contributed by atoms with Crippen LogP contribution in [0.4, 0.5) is 0 Å². The van der Waals surface area contributed by atoms with E-state index in [-0.39, 0.29) is 19.1 Å². The van der Waals surface area contributed by atoms with Gasteiger partial charge in [-0.3, -0.25) is 13.8 Å². The van der Waals surface area contributed by atoms with Gasteiger partial charge in [-0.15, -0.1) is 0 Å². The molecular weight excluding hydrogens is 1030 g/mol. The van der Waals surface area contributed by atoms with Crippen LogP contribution in [0.25, 0.3) is 0 Å². The van der Waals surface area contributed by atoms with E-state index in [1.165, 1.54) is 315 Å². The van der Waals surface area contributed by atoms with Crippen molar-refractivity contribution in [3.63, 3.8) is 0 Å². The van der Waals surface area contributed by atoms with Gasteiger partial charge in [-0.2, -0.15) is 0 Å². The monoisotopic (exact) mass is 1180 g/mol. The zero-order valence-corrected chi connectivity index (χ0v) is 56.9. The highest BCUT2D eigenvalue weighted by Crippen LogP contribution is 2.43. The molecule has 0 aliphatic rings. The summed E-state index contributed by atoms with van der Waals surface area (Å²) in [5.41, 5.74) is 0. The third-order valence-electron chi connectivity index (χ3n) is 17.2. The van der Waals surface area contributed by atoms with Crippen LogP contribution in [0.1, 0.15) is 386 Å². The lowest BCUT2D eigenvalue weighted by Crippen LogP contribution is -2.46. The van der Waals surface area contributed by atoms with Crippen LogP contribution in [0.5, 0.6) is 0 Å². The van der Waals surface area contributed by atoms with Crippen molar-refractivity contribution in [2.24, 2.45) is 0 Å². The van der Waals surface area contributed by atoms with Crippen LogP contribution in [0.2, 0.25) is 0 Å². The summed E-state index contributed by atoms with van der Waals surface area (Å²) in [5, 5.41) is 14.1. The number of phosphoric ester groups is 1. The second kappa shape index (κ2) is 64.5. The number of allylic oxidation sites excluding steroid dienone is 4. The van der Waals surface area contributed by atoms with E-state index >= 15 is 0 Å². The normalized spacial score (nSPS) is 13.7. The Morgan fingerprint density at radius 2 is 0.695 bits per heavy atom. The minimum absolute atomic E-state index is 0.0782. The lowest BCUT2D eigenvalue weighted by molar-refractivity contribution is -0.870. The van der Waals surface area contributed by atoms with E-state index in [0.717, 1.165) is 44.9 Å². The van der Waals surface area contributed by atoms with Gasteiger partial charge in [0, 0.05) is 6.42 Å². The Morgan fingerprint density at radius 1 is 0.415 bits per heavy atom. The number of carbonyl (C=O) groups is 1. The standard InChI is InChI=1S/C73H145N2O6P/c1-6-8-10-12-14-16-18-20-22-24-26-27-28-29-30-31-32-33-34-35-36-37-38-39-40-41-42-43-44-45-46-47-49-51-53-55-57-59-61-63-65-67-73(77)74-71(70-81-82(78,79)80-69-68-75(3,4)5)72(76)66-64-62-60-58-56-54-52-50-48-25-23-21-19-17-15-13-11-9-7-2/h18,20,24,26,71-72,76H,6-17,19,21-23,25,27-70H2,1-5H3,(H-,74,77,78,79)/p+1/b20-18-,26-24-. The predicted molar refractivity (Wildman–Crippen MR) is 360 cm³/mol. The molecule has 3 unspecified atom stereocenters. The molecule has 0 saturated heterocycles. The molecule has 0 heterocycles. The van der Waals surface area contributed by atoms with Crippen LogP contribution < -0.4 is 5.32 Å². The summed E-state index contributed by atoms with van der Waals surface area (Å²) in [4.78, 5) is 23.4. The molecule has 0 aromatic rings. The molecule has 0 fully saturated rings. The number of nitrogens with zero attached hydrogens (tertiary/aromatic N) is 1. The second-order valence-electron chi connectivity index (χ2n) is 26.7. The molecule has 0 aliphatic heterocycles. The number of quaternary nitrogens is 1. The van der Waals surface area contributed by atoms with Gasteiger partial charge in [0.25, 0.3) is 0 Å². The number of rotatable bonds is 69. The second-order valence-corrected chi connectivity index (χ2v) is 28.1. The zero-order valence-electron chi connectivity index (χ0n) is 56.0. The molecule has 0 bridgehead atoms. The molecule has 0 aliphatic carbocycles. The molecule has 488 valence electrons. The van der Waals surface area contributed by atoms with Crippen molar-refractivity contribution in [3.8, 4) is 0 Å². The summed E-state index contributed by atoms with van der Waals surface area (Å²) in [6.07, 6.45) is 84.5. The fourth-order valence-corrected chi connectivity index (χ4v) is 12.2. The number of unbranched alkanes of at least 4 members (excludes halogenated alkanes) is 52.